The summed E-state index contributed by atoms with van der Waals surface area (Å²) in [5, 5.41) is 4.94. The summed E-state index contributed by atoms with van der Waals surface area (Å²) in [6.45, 7) is 1.45. The minimum absolute atomic E-state index is 0.0477. The number of pyridine rings is 1. The molecule has 0 bridgehead atoms. The van der Waals surface area contributed by atoms with Crippen LogP contribution in [0.3, 0.4) is 0 Å². The molecule has 13 heteroatoms. The first-order chi connectivity index (χ1) is 17.9. The van der Waals surface area contributed by atoms with E-state index in [1.807, 2.05) is 0 Å². The number of amides is 1. The number of likely N-dealkylation sites (tertiary alicyclic amines) is 1. The third-order valence-corrected chi connectivity index (χ3v) is 6.74. The van der Waals surface area contributed by atoms with Crippen molar-refractivity contribution < 1.29 is 31.1 Å². The molecule has 1 saturated heterocycles. The van der Waals surface area contributed by atoms with Crippen LogP contribution in [0, 0.1) is 0 Å². The van der Waals surface area contributed by atoms with Crippen LogP contribution in [0.5, 0.6) is 0 Å². The Bertz CT molecular complexity index is 1290. The Hall–Kier alpha value is -3.32. The van der Waals surface area contributed by atoms with Gasteiger partial charge in [-0.15, -0.1) is 0 Å². The number of rotatable bonds is 5. The molecule has 0 unspecified atom stereocenters. The SMILES string of the molecule is O=C(c1cc(Sc2ccc(NC(=S)Nc3cc(C(F)(F)F)cc(C(F)(F)F)c3)cc2)ccn1)N1CCCC1. The van der Waals surface area contributed by atoms with Gasteiger partial charge >= 0.3 is 12.4 Å². The number of thiocarbonyl (C=S) groups is 1. The lowest BCUT2D eigenvalue weighted by molar-refractivity contribution is -0.143. The number of halogens is 6. The Morgan fingerprint density at radius 3 is 1.97 bits per heavy atom. The number of benzene rings is 2. The highest BCUT2D eigenvalue weighted by molar-refractivity contribution is 7.99. The largest absolute Gasteiger partial charge is 0.416 e. The van der Waals surface area contributed by atoms with Gasteiger partial charge in [0.2, 0.25) is 0 Å². The molecule has 3 aromatic rings. The summed E-state index contributed by atoms with van der Waals surface area (Å²) in [5.74, 6) is -0.103. The average molecular weight is 571 g/mol. The highest BCUT2D eigenvalue weighted by Gasteiger charge is 2.37. The maximum absolute atomic E-state index is 13.1. The molecule has 0 aliphatic carbocycles. The molecule has 1 aromatic heterocycles. The maximum atomic E-state index is 13.1. The first-order valence-corrected chi connectivity index (χ1v) is 12.5. The summed E-state index contributed by atoms with van der Waals surface area (Å²) >= 11 is 6.48. The van der Waals surface area contributed by atoms with E-state index in [0.717, 1.165) is 35.7 Å². The van der Waals surface area contributed by atoms with Crippen molar-refractivity contribution in [2.75, 3.05) is 23.7 Å². The van der Waals surface area contributed by atoms with Crippen molar-refractivity contribution in [3.63, 3.8) is 0 Å². The highest BCUT2D eigenvalue weighted by atomic mass is 32.2. The summed E-state index contributed by atoms with van der Waals surface area (Å²) in [5.41, 5.74) is -2.50. The molecule has 0 saturated carbocycles. The predicted octanol–water partition coefficient (Wildman–Crippen LogP) is 7.32. The number of carbonyl (C=O) groups excluding carboxylic acids is 1. The quantitative estimate of drug-likeness (QED) is 0.248. The monoisotopic (exact) mass is 570 g/mol. The standard InChI is InChI=1S/C25H20F6N4OS2/c26-24(27,28)15-11-16(25(29,30)31)13-18(12-15)34-23(37)33-17-3-5-19(6-4-17)38-20-7-8-32-21(14-20)22(36)35-9-1-2-10-35/h3-8,11-14H,1-2,9-10H2,(H2,33,34,37). The summed E-state index contributed by atoms with van der Waals surface area (Å²) in [4.78, 5) is 20.2. The summed E-state index contributed by atoms with van der Waals surface area (Å²) in [6, 6.07) is 11.5. The fraction of sp³-hybridized carbons (Fsp3) is 0.240. The van der Waals surface area contributed by atoms with E-state index in [9.17, 15) is 31.1 Å². The fourth-order valence-corrected chi connectivity index (χ4v) is 4.82. The van der Waals surface area contributed by atoms with Crippen molar-refractivity contribution in [3.8, 4) is 0 Å². The van der Waals surface area contributed by atoms with Crippen molar-refractivity contribution in [2.24, 2.45) is 0 Å². The molecule has 1 amide bonds. The second-order valence-corrected chi connectivity index (χ2v) is 9.93. The minimum atomic E-state index is -4.96. The van der Waals surface area contributed by atoms with E-state index in [-0.39, 0.29) is 17.1 Å². The Labute approximate surface area is 223 Å². The van der Waals surface area contributed by atoms with Gasteiger partial charge in [-0.1, -0.05) is 11.8 Å². The van der Waals surface area contributed by atoms with Gasteiger partial charge in [-0.25, -0.2) is 0 Å². The summed E-state index contributed by atoms with van der Waals surface area (Å²) in [7, 11) is 0. The maximum Gasteiger partial charge on any atom is 0.416 e. The van der Waals surface area contributed by atoms with Gasteiger partial charge in [-0.3, -0.25) is 9.78 Å². The van der Waals surface area contributed by atoms with Crippen LogP contribution < -0.4 is 10.6 Å². The first kappa shape index (κ1) is 27.7. The average Bonchev–Trinajstić information content (AvgIpc) is 3.39. The molecular weight excluding hydrogens is 550 g/mol. The minimum Gasteiger partial charge on any atom is -0.337 e. The molecule has 2 N–H and O–H groups in total. The van der Waals surface area contributed by atoms with Crippen LogP contribution in [0.1, 0.15) is 34.5 Å². The molecule has 2 heterocycles. The van der Waals surface area contributed by atoms with Crippen LogP contribution in [0.15, 0.2) is 70.6 Å². The Kier molecular flexibility index (Phi) is 8.16. The topological polar surface area (TPSA) is 57.3 Å². The van der Waals surface area contributed by atoms with Crippen molar-refractivity contribution in [2.45, 2.75) is 35.0 Å². The highest BCUT2D eigenvalue weighted by Crippen LogP contribution is 2.37. The molecule has 0 atom stereocenters. The number of nitrogens with one attached hydrogen (secondary N) is 2. The van der Waals surface area contributed by atoms with Gasteiger partial charge in [-0.05, 0) is 79.7 Å². The molecule has 0 spiro atoms. The number of aromatic nitrogens is 1. The second-order valence-electron chi connectivity index (χ2n) is 8.38. The van der Waals surface area contributed by atoms with Crippen molar-refractivity contribution in [1.82, 2.24) is 9.88 Å². The molecule has 2 aromatic carbocycles. The van der Waals surface area contributed by atoms with Gasteiger partial charge in [-0.2, -0.15) is 26.3 Å². The van der Waals surface area contributed by atoms with Crippen LogP contribution in [-0.4, -0.2) is 34.0 Å². The lowest BCUT2D eigenvalue weighted by Gasteiger charge is -2.16. The van der Waals surface area contributed by atoms with Crippen molar-refractivity contribution >= 4 is 46.4 Å². The van der Waals surface area contributed by atoms with Gasteiger partial charge < -0.3 is 15.5 Å². The zero-order valence-corrected chi connectivity index (χ0v) is 21.1. The van der Waals surface area contributed by atoms with Crippen LogP contribution >= 0.6 is 24.0 Å². The summed E-state index contributed by atoms with van der Waals surface area (Å²) < 4.78 is 78.5. The molecule has 0 radical (unpaired) electrons. The number of nitrogens with zero attached hydrogens (tertiary/aromatic N) is 2. The Morgan fingerprint density at radius 2 is 1.39 bits per heavy atom. The van der Waals surface area contributed by atoms with Crippen LogP contribution in [-0.2, 0) is 12.4 Å². The first-order valence-electron chi connectivity index (χ1n) is 11.3. The number of hydrogen-bond donors (Lipinski definition) is 2. The normalized spacial score (nSPS) is 13.9. The van der Waals surface area contributed by atoms with E-state index in [2.05, 4.69) is 15.6 Å². The van der Waals surface area contributed by atoms with Crippen LogP contribution in [0.4, 0.5) is 37.7 Å². The van der Waals surface area contributed by atoms with Gasteiger partial charge in [0.05, 0.1) is 11.1 Å². The van der Waals surface area contributed by atoms with Gasteiger partial charge in [0.25, 0.3) is 5.91 Å². The van der Waals surface area contributed by atoms with Crippen molar-refractivity contribution in [3.05, 3.63) is 77.6 Å². The lowest BCUT2D eigenvalue weighted by atomic mass is 10.1. The van der Waals surface area contributed by atoms with Gasteiger partial charge in [0.1, 0.15) is 5.69 Å². The molecule has 38 heavy (non-hydrogen) atoms. The van der Waals surface area contributed by atoms with E-state index >= 15 is 0 Å². The second kappa shape index (κ2) is 11.2. The zero-order chi connectivity index (χ0) is 27.5. The third kappa shape index (κ3) is 7.16. The molecule has 5 nitrogen and oxygen atoms in total. The van der Waals surface area contributed by atoms with Gasteiger partial charge in [0, 0.05) is 40.5 Å². The van der Waals surface area contributed by atoms with E-state index in [4.69, 9.17) is 12.2 Å². The Balaban J connectivity index is 1.40. The van der Waals surface area contributed by atoms with Crippen LogP contribution in [0.25, 0.3) is 0 Å². The molecule has 1 aliphatic heterocycles. The molecule has 1 fully saturated rings. The smallest absolute Gasteiger partial charge is 0.337 e. The van der Waals surface area contributed by atoms with E-state index in [0.29, 0.717) is 23.5 Å². The third-order valence-electron chi connectivity index (χ3n) is 5.54. The van der Waals surface area contributed by atoms with Crippen LogP contribution in [0.2, 0.25) is 0 Å². The Morgan fingerprint density at radius 1 is 0.816 bits per heavy atom. The van der Waals surface area contributed by atoms with E-state index < -0.39 is 29.2 Å². The molecule has 1 aliphatic rings. The molecule has 4 rings (SSSR count). The number of alkyl halides is 6. The summed E-state index contributed by atoms with van der Waals surface area (Å²) in [6.07, 6.45) is -6.39. The number of hydrogen-bond acceptors (Lipinski definition) is 4. The number of anilines is 2. The molecule has 200 valence electrons. The lowest BCUT2D eigenvalue weighted by Crippen LogP contribution is -2.28. The van der Waals surface area contributed by atoms with E-state index in [1.54, 1.807) is 47.5 Å². The predicted molar refractivity (Wildman–Crippen MR) is 136 cm³/mol. The number of carbonyl (C=O) groups is 1. The van der Waals surface area contributed by atoms with Gasteiger partial charge in [0.15, 0.2) is 5.11 Å². The molecular formula is C25H20F6N4OS2. The fourth-order valence-electron chi connectivity index (χ4n) is 3.74. The van der Waals surface area contributed by atoms with E-state index in [1.165, 1.54) is 11.8 Å². The van der Waals surface area contributed by atoms with Crippen molar-refractivity contribution in [1.29, 1.82) is 0 Å². The zero-order valence-electron chi connectivity index (χ0n) is 19.5.